The van der Waals surface area contributed by atoms with Crippen molar-refractivity contribution in [1.82, 2.24) is 5.32 Å². The molecule has 1 aliphatic rings. The number of carbonyl (C=O) groups is 1. The van der Waals surface area contributed by atoms with Crippen molar-refractivity contribution in [3.8, 4) is 5.75 Å². The predicted molar refractivity (Wildman–Crippen MR) is 73.0 cm³/mol. The Kier molecular flexibility index (Phi) is 4.28. The van der Waals surface area contributed by atoms with Gasteiger partial charge in [-0.15, -0.1) is 0 Å². The third-order valence-electron chi connectivity index (χ3n) is 3.81. The average molecular weight is 281 g/mol. The summed E-state index contributed by atoms with van der Waals surface area (Å²) < 4.78 is 18.4. The molecule has 1 saturated carbocycles. The predicted octanol–water partition coefficient (Wildman–Crippen LogP) is 1.65. The van der Waals surface area contributed by atoms with Crippen LogP contribution in [0, 0.1) is 11.7 Å². The topological polar surface area (TPSA) is 58.6 Å². The van der Waals surface area contributed by atoms with Crippen molar-refractivity contribution >= 4 is 5.91 Å². The van der Waals surface area contributed by atoms with Crippen molar-refractivity contribution in [2.45, 2.75) is 31.7 Å². The van der Waals surface area contributed by atoms with Gasteiger partial charge < -0.3 is 15.2 Å². The summed E-state index contributed by atoms with van der Waals surface area (Å²) in [6.45, 7) is 1.76. The number of benzene rings is 1. The second-order valence-electron chi connectivity index (χ2n) is 5.54. The van der Waals surface area contributed by atoms with Crippen molar-refractivity contribution in [3.63, 3.8) is 0 Å². The minimum atomic E-state index is -0.567. The lowest BCUT2D eigenvalue weighted by Gasteiger charge is -2.28. The Morgan fingerprint density at radius 3 is 2.75 bits per heavy atom. The number of nitrogens with one attached hydrogen (secondary N) is 1. The zero-order chi connectivity index (χ0) is 14.8. The van der Waals surface area contributed by atoms with Crippen LogP contribution in [0.15, 0.2) is 18.2 Å². The van der Waals surface area contributed by atoms with E-state index in [1.54, 1.807) is 6.07 Å². The smallest absolute Gasteiger partial charge is 0.224 e. The van der Waals surface area contributed by atoms with Gasteiger partial charge in [0.1, 0.15) is 0 Å². The lowest BCUT2D eigenvalue weighted by molar-refractivity contribution is -0.123. The van der Waals surface area contributed by atoms with Gasteiger partial charge >= 0.3 is 0 Å². The number of hydrogen-bond acceptors (Lipinski definition) is 3. The van der Waals surface area contributed by atoms with Gasteiger partial charge in [-0.25, -0.2) is 4.39 Å². The van der Waals surface area contributed by atoms with Crippen LogP contribution in [0.25, 0.3) is 0 Å². The molecule has 1 amide bonds. The molecule has 0 bridgehead atoms. The van der Waals surface area contributed by atoms with E-state index in [2.05, 4.69) is 5.32 Å². The zero-order valence-electron chi connectivity index (χ0n) is 11.8. The van der Waals surface area contributed by atoms with E-state index in [1.165, 1.54) is 19.2 Å². The zero-order valence-corrected chi connectivity index (χ0v) is 11.8. The Labute approximate surface area is 117 Å². The first kappa shape index (κ1) is 14.8. The number of aliphatic hydroxyl groups is 1. The van der Waals surface area contributed by atoms with Crippen LogP contribution in [0.3, 0.4) is 0 Å². The molecule has 0 spiro atoms. The standard InChI is InChI=1S/C15H20FNO3/c1-15(9-18,11-4-5-11)17-14(19)8-10-3-6-13(20-2)12(16)7-10/h3,6-7,11,18H,4-5,8-9H2,1-2H3,(H,17,19). The summed E-state index contributed by atoms with van der Waals surface area (Å²) in [7, 11) is 1.40. The molecular formula is C15H20FNO3. The van der Waals surface area contributed by atoms with E-state index >= 15 is 0 Å². The highest BCUT2D eigenvalue weighted by Gasteiger charge is 2.42. The number of carbonyl (C=O) groups excluding carboxylic acids is 1. The first-order valence-electron chi connectivity index (χ1n) is 6.73. The maximum absolute atomic E-state index is 13.5. The van der Waals surface area contributed by atoms with Crippen LogP contribution in [-0.4, -0.2) is 30.3 Å². The Morgan fingerprint density at radius 1 is 1.55 bits per heavy atom. The number of ether oxygens (including phenoxy) is 1. The molecule has 0 radical (unpaired) electrons. The number of hydrogen-bond donors (Lipinski definition) is 2. The molecule has 0 aliphatic heterocycles. The Hall–Kier alpha value is -1.62. The van der Waals surface area contributed by atoms with Crippen molar-refractivity contribution < 1.29 is 19.0 Å². The van der Waals surface area contributed by atoms with E-state index in [9.17, 15) is 14.3 Å². The lowest BCUT2D eigenvalue weighted by Crippen LogP contribution is -2.51. The summed E-state index contributed by atoms with van der Waals surface area (Å²) in [5.74, 6) is -0.195. The van der Waals surface area contributed by atoms with Gasteiger partial charge in [-0.2, -0.15) is 0 Å². The third-order valence-corrected chi connectivity index (χ3v) is 3.81. The van der Waals surface area contributed by atoms with E-state index in [0.717, 1.165) is 12.8 Å². The minimum Gasteiger partial charge on any atom is -0.494 e. The van der Waals surface area contributed by atoms with Gasteiger partial charge in [0.25, 0.3) is 0 Å². The number of halogens is 1. The Morgan fingerprint density at radius 2 is 2.25 bits per heavy atom. The summed E-state index contributed by atoms with van der Waals surface area (Å²) in [5, 5.41) is 12.3. The first-order valence-corrected chi connectivity index (χ1v) is 6.73. The number of methoxy groups -OCH3 is 1. The van der Waals surface area contributed by atoms with Crippen molar-refractivity contribution in [2.75, 3.05) is 13.7 Å². The Bertz CT molecular complexity index is 502. The molecule has 1 atom stereocenters. The molecule has 1 fully saturated rings. The molecule has 0 saturated heterocycles. The molecular weight excluding hydrogens is 261 g/mol. The minimum absolute atomic E-state index is 0.0830. The summed E-state index contributed by atoms with van der Waals surface area (Å²) >= 11 is 0. The average Bonchev–Trinajstić information content (AvgIpc) is 3.23. The van der Waals surface area contributed by atoms with Crippen LogP contribution < -0.4 is 10.1 Å². The molecule has 2 N–H and O–H groups in total. The molecule has 5 heteroatoms. The molecule has 0 aromatic heterocycles. The van der Waals surface area contributed by atoms with E-state index in [1.807, 2.05) is 6.92 Å². The van der Waals surface area contributed by atoms with E-state index in [4.69, 9.17) is 4.74 Å². The summed E-state index contributed by atoms with van der Waals surface area (Å²) in [6, 6.07) is 4.46. The van der Waals surface area contributed by atoms with Crippen LogP contribution in [0.5, 0.6) is 5.75 Å². The van der Waals surface area contributed by atoms with Crippen molar-refractivity contribution in [3.05, 3.63) is 29.6 Å². The van der Waals surface area contributed by atoms with Gasteiger partial charge in [0.15, 0.2) is 11.6 Å². The highest BCUT2D eigenvalue weighted by Crippen LogP contribution is 2.39. The van der Waals surface area contributed by atoms with Gasteiger partial charge in [0.2, 0.25) is 5.91 Å². The number of rotatable bonds is 6. The van der Waals surface area contributed by atoms with Crippen molar-refractivity contribution in [1.29, 1.82) is 0 Å². The van der Waals surface area contributed by atoms with Gasteiger partial charge in [-0.05, 0) is 43.4 Å². The van der Waals surface area contributed by atoms with Crippen LogP contribution in [0.2, 0.25) is 0 Å². The summed E-state index contributed by atoms with van der Waals surface area (Å²) in [6.07, 6.45) is 2.13. The molecule has 1 unspecified atom stereocenters. The molecule has 1 aromatic rings. The van der Waals surface area contributed by atoms with Gasteiger partial charge in [0, 0.05) is 0 Å². The fourth-order valence-electron chi connectivity index (χ4n) is 2.36. The van der Waals surface area contributed by atoms with Crippen LogP contribution in [-0.2, 0) is 11.2 Å². The van der Waals surface area contributed by atoms with E-state index < -0.39 is 11.4 Å². The maximum Gasteiger partial charge on any atom is 0.224 e. The second kappa shape index (κ2) is 5.79. The fraction of sp³-hybridized carbons (Fsp3) is 0.533. The highest BCUT2D eigenvalue weighted by molar-refractivity contribution is 5.79. The van der Waals surface area contributed by atoms with Crippen LogP contribution >= 0.6 is 0 Å². The SMILES string of the molecule is COc1ccc(CC(=O)NC(C)(CO)C2CC2)cc1F. The summed E-state index contributed by atoms with van der Waals surface area (Å²) in [4.78, 5) is 12.0. The van der Waals surface area contributed by atoms with Gasteiger partial charge in [0.05, 0.1) is 25.7 Å². The van der Waals surface area contributed by atoms with Gasteiger partial charge in [-0.1, -0.05) is 6.07 Å². The normalized spacial score (nSPS) is 17.4. The van der Waals surface area contributed by atoms with Crippen LogP contribution in [0.1, 0.15) is 25.3 Å². The van der Waals surface area contributed by atoms with E-state index in [-0.39, 0.29) is 24.7 Å². The summed E-state index contributed by atoms with van der Waals surface area (Å²) in [5.41, 5.74) is 0.0131. The second-order valence-corrected chi connectivity index (χ2v) is 5.54. The monoisotopic (exact) mass is 281 g/mol. The lowest BCUT2D eigenvalue weighted by atomic mass is 9.96. The maximum atomic E-state index is 13.5. The third kappa shape index (κ3) is 3.28. The van der Waals surface area contributed by atoms with Gasteiger partial charge in [-0.3, -0.25) is 4.79 Å². The van der Waals surface area contributed by atoms with Crippen LogP contribution in [0.4, 0.5) is 4.39 Å². The largest absolute Gasteiger partial charge is 0.494 e. The molecule has 0 heterocycles. The fourth-order valence-corrected chi connectivity index (χ4v) is 2.36. The Balaban J connectivity index is 1.99. The molecule has 4 nitrogen and oxygen atoms in total. The van der Waals surface area contributed by atoms with Crippen molar-refractivity contribution in [2.24, 2.45) is 5.92 Å². The highest BCUT2D eigenvalue weighted by atomic mass is 19.1. The number of aliphatic hydroxyl groups excluding tert-OH is 1. The molecule has 2 rings (SSSR count). The van der Waals surface area contributed by atoms with E-state index in [0.29, 0.717) is 11.5 Å². The first-order chi connectivity index (χ1) is 9.48. The molecule has 20 heavy (non-hydrogen) atoms. The molecule has 1 aromatic carbocycles. The quantitative estimate of drug-likeness (QED) is 0.833. The number of amides is 1. The molecule has 1 aliphatic carbocycles. The molecule has 110 valence electrons.